The molecule has 12 heavy (non-hydrogen) atoms. The molecule has 5 nitrogen and oxygen atoms in total. The first-order valence-corrected chi connectivity index (χ1v) is 5.90. The molecular weight excluding hydrogens is 331 g/mol. The summed E-state index contributed by atoms with van der Waals surface area (Å²) in [5.41, 5.74) is 0. The number of aliphatic hydroxyl groups excluding tert-OH is 1. The number of halogens is 2. The van der Waals surface area contributed by atoms with E-state index in [9.17, 15) is 0 Å². The summed E-state index contributed by atoms with van der Waals surface area (Å²) in [4.78, 5) is 24.5. The molecule has 0 aromatic rings. The molecule has 0 amide bonds. The Kier molecular flexibility index (Phi) is 17.6. The number of hydrogen-bond acceptors (Lipinski definition) is 4. The second-order valence-corrected chi connectivity index (χ2v) is 4.28. The van der Waals surface area contributed by atoms with Crippen LogP contribution in [-0.4, -0.2) is 49.8 Å². The van der Waals surface area contributed by atoms with Gasteiger partial charge in [0.2, 0.25) is 0 Å². The van der Waals surface area contributed by atoms with Crippen molar-refractivity contribution in [3.8, 4) is 0 Å². The van der Waals surface area contributed by atoms with Gasteiger partial charge in [-0.1, -0.05) is 31.9 Å². The number of hydrogen-bond donors (Lipinski definition) is 2. The zero-order valence-electron chi connectivity index (χ0n) is 6.02. The van der Waals surface area contributed by atoms with Gasteiger partial charge in [-0.25, -0.2) is 0 Å². The summed E-state index contributed by atoms with van der Waals surface area (Å²) in [6.07, 6.45) is 0. The molecule has 0 rings (SSSR count). The van der Waals surface area contributed by atoms with Gasteiger partial charge in [0.15, 0.2) is 0 Å². The molecule has 0 aliphatic carbocycles. The molecule has 0 aromatic heterocycles. The largest absolute Gasteiger partial charge is 2.00 e. The van der Waals surface area contributed by atoms with E-state index in [1.54, 1.807) is 0 Å². The molecule has 0 saturated heterocycles. The summed E-state index contributed by atoms with van der Waals surface area (Å²) in [7, 11) is -5.14. The Bertz CT molecular complexity index is 118. The van der Waals surface area contributed by atoms with E-state index in [0.717, 1.165) is 5.33 Å². The fourth-order valence-corrected chi connectivity index (χ4v) is 0.254. The van der Waals surface area contributed by atoms with Crippen molar-refractivity contribution < 1.29 is 24.4 Å². The summed E-state index contributed by atoms with van der Waals surface area (Å²) in [6.45, 7) is 0.200. The molecule has 0 aliphatic rings. The van der Waals surface area contributed by atoms with Crippen LogP contribution in [0.5, 0.6) is 0 Å². The molecule has 0 aromatic carbocycles. The predicted molar refractivity (Wildman–Crippen MR) is 49.2 cm³/mol. The van der Waals surface area contributed by atoms with Crippen LogP contribution in [0.15, 0.2) is 0 Å². The standard InChI is InChI=1S/C3H6Br2O.Mg.H3O4P/c4-1-3(5)2-6;;1-5(2,3)4/h3,6H,1-2H2;;(H3,1,2,3,4)/q;+2;/p-2. The third-order valence-corrected chi connectivity index (χ3v) is 2.63. The SMILES string of the molecule is O=P([O-])([O-])O.OCC(Br)CBr.[Mg+2]. The van der Waals surface area contributed by atoms with Gasteiger partial charge in [0, 0.05) is 10.2 Å². The molecule has 0 radical (unpaired) electrons. The molecule has 1 unspecified atom stereocenters. The second kappa shape index (κ2) is 10.9. The molecule has 0 saturated carbocycles. The smallest absolute Gasteiger partial charge is 0.790 e. The van der Waals surface area contributed by atoms with Crippen LogP contribution in [0.2, 0.25) is 0 Å². The Morgan fingerprint density at radius 2 is 1.75 bits per heavy atom. The normalized spacial score (nSPS) is 12.2. The first kappa shape index (κ1) is 19.4. The van der Waals surface area contributed by atoms with E-state index in [1.807, 2.05) is 0 Å². The summed E-state index contributed by atoms with van der Waals surface area (Å²) in [5, 5.41) is 9.07. The minimum absolute atomic E-state index is 0. The van der Waals surface area contributed by atoms with Crippen molar-refractivity contribution in [2.24, 2.45) is 0 Å². The average molecular weight is 338 g/mol. The third kappa shape index (κ3) is 40.9. The van der Waals surface area contributed by atoms with E-state index in [2.05, 4.69) is 31.9 Å². The van der Waals surface area contributed by atoms with Crippen molar-refractivity contribution in [3.63, 3.8) is 0 Å². The topological polar surface area (TPSA) is 104 Å². The quantitative estimate of drug-likeness (QED) is 0.365. The van der Waals surface area contributed by atoms with E-state index in [0.29, 0.717) is 0 Å². The maximum atomic E-state index is 8.66. The van der Waals surface area contributed by atoms with Gasteiger partial charge in [-0.05, 0) is 0 Å². The van der Waals surface area contributed by atoms with E-state index < -0.39 is 7.82 Å². The molecule has 2 N–H and O–H groups in total. The molecule has 0 bridgehead atoms. The Morgan fingerprint density at radius 3 is 1.75 bits per heavy atom. The monoisotopic (exact) mass is 336 g/mol. The maximum absolute atomic E-state index is 8.66. The summed E-state index contributed by atoms with van der Waals surface area (Å²) < 4.78 is 8.66. The summed E-state index contributed by atoms with van der Waals surface area (Å²) in [5.74, 6) is 0. The van der Waals surface area contributed by atoms with Gasteiger partial charge in [0.25, 0.3) is 0 Å². The minimum atomic E-state index is -5.14. The molecule has 0 spiro atoms. The fraction of sp³-hybridized carbons (Fsp3) is 1.00. The van der Waals surface area contributed by atoms with Gasteiger partial charge >= 0.3 is 23.1 Å². The van der Waals surface area contributed by atoms with Crippen LogP contribution in [0.4, 0.5) is 0 Å². The molecule has 0 aliphatic heterocycles. The molecule has 9 heteroatoms. The molecule has 0 heterocycles. The Balaban J connectivity index is -0.000000126. The molecule has 1 atom stereocenters. The number of alkyl halides is 2. The maximum Gasteiger partial charge on any atom is 2.00 e. The van der Waals surface area contributed by atoms with E-state index in [-0.39, 0.29) is 34.5 Å². The van der Waals surface area contributed by atoms with Crippen molar-refractivity contribution in [1.29, 1.82) is 0 Å². The Morgan fingerprint density at radius 1 is 1.50 bits per heavy atom. The van der Waals surface area contributed by atoms with Gasteiger partial charge in [0.1, 0.15) is 0 Å². The zero-order chi connectivity index (χ0) is 9.49. The van der Waals surface area contributed by atoms with Gasteiger partial charge < -0.3 is 24.4 Å². The predicted octanol–water partition coefficient (Wildman–Crippen LogP) is -1.44. The van der Waals surface area contributed by atoms with Gasteiger partial charge in [-0.2, -0.15) is 0 Å². The van der Waals surface area contributed by atoms with E-state index >= 15 is 0 Å². The van der Waals surface area contributed by atoms with Crippen LogP contribution in [0.3, 0.4) is 0 Å². The first-order chi connectivity index (χ1) is 4.81. The Hall–Kier alpha value is 1.80. The third-order valence-electron chi connectivity index (χ3n) is 0.366. The van der Waals surface area contributed by atoms with E-state index in [4.69, 9.17) is 24.4 Å². The van der Waals surface area contributed by atoms with Crippen LogP contribution >= 0.6 is 39.7 Å². The van der Waals surface area contributed by atoms with Gasteiger partial charge in [-0.15, -0.1) is 0 Å². The number of aliphatic hydroxyl groups is 1. The van der Waals surface area contributed by atoms with Crippen LogP contribution in [0.25, 0.3) is 0 Å². The van der Waals surface area contributed by atoms with Crippen LogP contribution in [0, 0.1) is 0 Å². The molecule has 0 fully saturated rings. The average Bonchev–Trinajstić information content (AvgIpc) is 1.83. The van der Waals surface area contributed by atoms with Gasteiger partial charge in [0.05, 0.1) is 14.4 Å². The zero-order valence-corrected chi connectivity index (χ0v) is 11.5. The fourth-order valence-electron chi connectivity index (χ4n) is 0.0488. The van der Waals surface area contributed by atoms with Crippen LogP contribution < -0.4 is 9.79 Å². The van der Waals surface area contributed by atoms with Crippen molar-refractivity contribution in [2.75, 3.05) is 11.9 Å². The van der Waals surface area contributed by atoms with Crippen molar-refractivity contribution >= 4 is 62.7 Å². The molecule has 70 valence electrons. The minimum Gasteiger partial charge on any atom is -0.790 e. The first-order valence-electron chi connectivity index (χ1n) is 2.37. The van der Waals surface area contributed by atoms with Crippen molar-refractivity contribution in [1.82, 2.24) is 0 Å². The summed E-state index contributed by atoms with van der Waals surface area (Å²) >= 11 is 6.35. The summed E-state index contributed by atoms with van der Waals surface area (Å²) in [6, 6.07) is 0. The van der Waals surface area contributed by atoms with Crippen molar-refractivity contribution in [2.45, 2.75) is 4.83 Å². The van der Waals surface area contributed by atoms with Crippen LogP contribution in [0.1, 0.15) is 0 Å². The Labute approximate surface area is 103 Å². The van der Waals surface area contributed by atoms with Crippen molar-refractivity contribution in [3.05, 3.63) is 0 Å². The second-order valence-electron chi connectivity index (χ2n) is 1.40. The van der Waals surface area contributed by atoms with Gasteiger partial charge in [-0.3, -0.25) is 0 Å². The number of phosphoric acid groups is 1. The number of rotatable bonds is 2. The van der Waals surface area contributed by atoms with E-state index in [1.165, 1.54) is 0 Å². The van der Waals surface area contributed by atoms with Crippen LogP contribution in [-0.2, 0) is 4.57 Å². The molecular formula is C3H7Br2MgO5P.